The molecule has 0 amide bonds. The highest BCUT2D eigenvalue weighted by Gasteiger charge is 2.17. The Morgan fingerprint density at radius 3 is 2.67 bits per heavy atom. The Kier molecular flexibility index (Phi) is 6.98. The number of hydrogen-bond acceptors (Lipinski definition) is 3. The van der Waals surface area contributed by atoms with Gasteiger partial charge in [0.15, 0.2) is 0 Å². The topological polar surface area (TPSA) is 30.5 Å². The summed E-state index contributed by atoms with van der Waals surface area (Å²) in [4.78, 5) is 0. The van der Waals surface area contributed by atoms with Crippen LogP contribution in [0.4, 0.5) is 0 Å². The predicted octanol–water partition coefficient (Wildman–Crippen LogP) is 1.82. The molecule has 0 aromatic heterocycles. The van der Waals surface area contributed by atoms with Crippen molar-refractivity contribution in [3.05, 3.63) is 0 Å². The summed E-state index contributed by atoms with van der Waals surface area (Å²) in [5.74, 6) is 0.756. The Hall–Kier alpha value is -0.120. The number of hydrogen-bond donors (Lipinski definition) is 1. The molecule has 0 unspecified atom stereocenters. The van der Waals surface area contributed by atoms with Crippen LogP contribution in [0.15, 0.2) is 0 Å². The summed E-state index contributed by atoms with van der Waals surface area (Å²) in [6.07, 6.45) is 4.10. The second-order valence-corrected chi connectivity index (χ2v) is 4.69. The minimum atomic E-state index is 0.393. The summed E-state index contributed by atoms with van der Waals surface area (Å²) in [5, 5.41) is 3.45. The molecule has 1 N–H and O–H groups in total. The summed E-state index contributed by atoms with van der Waals surface area (Å²) >= 11 is 0. The number of nitrogens with one attached hydrogen (secondary N) is 1. The van der Waals surface area contributed by atoms with Crippen LogP contribution >= 0.6 is 0 Å². The Morgan fingerprint density at radius 1 is 1.27 bits per heavy atom. The molecule has 0 atom stereocenters. The third kappa shape index (κ3) is 6.88. The van der Waals surface area contributed by atoms with E-state index >= 15 is 0 Å². The van der Waals surface area contributed by atoms with Crippen LogP contribution in [0.25, 0.3) is 0 Å². The van der Waals surface area contributed by atoms with E-state index in [9.17, 15) is 0 Å². The summed E-state index contributed by atoms with van der Waals surface area (Å²) in [7, 11) is 0. The lowest BCUT2D eigenvalue weighted by atomic mass is 10.2. The van der Waals surface area contributed by atoms with E-state index < -0.39 is 0 Å². The van der Waals surface area contributed by atoms with Gasteiger partial charge in [0.05, 0.1) is 13.2 Å². The lowest BCUT2D eigenvalue weighted by Crippen LogP contribution is -2.36. The minimum absolute atomic E-state index is 0.393. The second-order valence-electron chi connectivity index (χ2n) is 4.69. The highest BCUT2D eigenvalue weighted by atomic mass is 16.6. The van der Waals surface area contributed by atoms with Gasteiger partial charge < -0.3 is 14.8 Å². The van der Waals surface area contributed by atoms with E-state index in [-0.39, 0.29) is 0 Å². The molecule has 3 heteroatoms. The van der Waals surface area contributed by atoms with Crippen LogP contribution in [0, 0.1) is 5.92 Å². The molecule has 1 heterocycles. The second kappa shape index (κ2) is 8.08. The standard InChI is InChI=1S/C12H25NO2/c1-11(2)8-13-6-4-3-5-7-15-12-9-14-10-12/h11-13H,3-10H2,1-2H3. The summed E-state index contributed by atoms with van der Waals surface area (Å²) in [6, 6.07) is 0. The summed E-state index contributed by atoms with van der Waals surface area (Å²) in [5.41, 5.74) is 0. The van der Waals surface area contributed by atoms with E-state index in [1.165, 1.54) is 19.3 Å². The number of rotatable bonds is 9. The van der Waals surface area contributed by atoms with E-state index in [0.29, 0.717) is 6.10 Å². The highest BCUT2D eigenvalue weighted by Crippen LogP contribution is 2.06. The Morgan fingerprint density at radius 2 is 2.07 bits per heavy atom. The van der Waals surface area contributed by atoms with Crippen molar-refractivity contribution in [2.75, 3.05) is 32.9 Å². The molecule has 0 spiro atoms. The molecule has 0 bridgehead atoms. The first-order chi connectivity index (χ1) is 7.29. The summed E-state index contributed by atoms with van der Waals surface area (Å²) in [6.45, 7) is 9.26. The third-order valence-corrected chi connectivity index (χ3v) is 2.51. The lowest BCUT2D eigenvalue weighted by Gasteiger charge is -2.25. The molecule has 15 heavy (non-hydrogen) atoms. The van der Waals surface area contributed by atoms with Crippen LogP contribution in [-0.4, -0.2) is 39.0 Å². The SMILES string of the molecule is CC(C)CNCCCCCOC1COC1. The number of ether oxygens (including phenoxy) is 2. The van der Waals surface area contributed by atoms with Gasteiger partial charge in [-0.15, -0.1) is 0 Å². The van der Waals surface area contributed by atoms with Crippen LogP contribution in [0.1, 0.15) is 33.1 Å². The third-order valence-electron chi connectivity index (χ3n) is 2.51. The first-order valence-electron chi connectivity index (χ1n) is 6.19. The van der Waals surface area contributed by atoms with Crippen molar-refractivity contribution in [2.45, 2.75) is 39.2 Å². The first kappa shape index (κ1) is 12.9. The summed E-state index contributed by atoms with van der Waals surface area (Å²) < 4.78 is 10.6. The van der Waals surface area contributed by atoms with Gasteiger partial charge in [-0.25, -0.2) is 0 Å². The maximum Gasteiger partial charge on any atom is 0.104 e. The average molecular weight is 215 g/mol. The maximum absolute atomic E-state index is 5.58. The van der Waals surface area contributed by atoms with Crippen molar-refractivity contribution in [3.63, 3.8) is 0 Å². The molecule has 90 valence electrons. The highest BCUT2D eigenvalue weighted by molar-refractivity contribution is 4.63. The van der Waals surface area contributed by atoms with Crippen LogP contribution in [0.2, 0.25) is 0 Å². The molecular formula is C12H25NO2. The van der Waals surface area contributed by atoms with Gasteiger partial charge in [0, 0.05) is 6.61 Å². The van der Waals surface area contributed by atoms with Crippen molar-refractivity contribution >= 4 is 0 Å². The van der Waals surface area contributed by atoms with E-state index in [2.05, 4.69) is 19.2 Å². The van der Waals surface area contributed by atoms with E-state index in [1.807, 2.05) is 0 Å². The van der Waals surface area contributed by atoms with E-state index in [4.69, 9.17) is 9.47 Å². The molecule has 0 radical (unpaired) electrons. The first-order valence-corrected chi connectivity index (χ1v) is 6.19. The van der Waals surface area contributed by atoms with Crippen LogP contribution in [0.3, 0.4) is 0 Å². The fraction of sp³-hybridized carbons (Fsp3) is 1.00. The van der Waals surface area contributed by atoms with Gasteiger partial charge in [0.1, 0.15) is 6.10 Å². The van der Waals surface area contributed by atoms with Crippen molar-refractivity contribution in [3.8, 4) is 0 Å². The van der Waals surface area contributed by atoms with Crippen molar-refractivity contribution < 1.29 is 9.47 Å². The molecule has 0 saturated carbocycles. The van der Waals surface area contributed by atoms with Gasteiger partial charge in [0.2, 0.25) is 0 Å². The molecule has 1 fully saturated rings. The van der Waals surface area contributed by atoms with Crippen molar-refractivity contribution in [1.82, 2.24) is 5.32 Å². The zero-order valence-corrected chi connectivity index (χ0v) is 10.1. The van der Waals surface area contributed by atoms with Gasteiger partial charge in [-0.1, -0.05) is 13.8 Å². The van der Waals surface area contributed by atoms with Gasteiger partial charge in [-0.2, -0.15) is 0 Å². The molecule has 0 aromatic rings. The average Bonchev–Trinajstić information content (AvgIpc) is 2.12. The monoisotopic (exact) mass is 215 g/mol. The lowest BCUT2D eigenvalue weighted by molar-refractivity contribution is -0.129. The molecule has 1 aliphatic heterocycles. The molecule has 1 saturated heterocycles. The minimum Gasteiger partial charge on any atom is -0.376 e. The zero-order valence-electron chi connectivity index (χ0n) is 10.1. The molecule has 1 aliphatic rings. The quantitative estimate of drug-likeness (QED) is 0.595. The van der Waals surface area contributed by atoms with Crippen LogP contribution < -0.4 is 5.32 Å². The number of unbranched alkanes of at least 4 members (excludes halogenated alkanes) is 2. The molecule has 0 aromatic carbocycles. The maximum atomic E-state index is 5.58. The van der Waals surface area contributed by atoms with Crippen molar-refractivity contribution in [1.29, 1.82) is 0 Å². The van der Waals surface area contributed by atoms with Gasteiger partial charge in [-0.3, -0.25) is 0 Å². The Balaban J connectivity index is 1.69. The van der Waals surface area contributed by atoms with E-state index in [0.717, 1.165) is 38.8 Å². The normalized spacial score (nSPS) is 17.0. The van der Waals surface area contributed by atoms with Gasteiger partial charge >= 0.3 is 0 Å². The fourth-order valence-corrected chi connectivity index (χ4v) is 1.48. The molecule has 0 aliphatic carbocycles. The largest absolute Gasteiger partial charge is 0.376 e. The molecular weight excluding hydrogens is 190 g/mol. The van der Waals surface area contributed by atoms with Gasteiger partial charge in [0.25, 0.3) is 0 Å². The van der Waals surface area contributed by atoms with Crippen LogP contribution in [-0.2, 0) is 9.47 Å². The fourth-order valence-electron chi connectivity index (χ4n) is 1.48. The van der Waals surface area contributed by atoms with Gasteiger partial charge in [-0.05, 0) is 38.3 Å². The zero-order chi connectivity index (χ0) is 10.9. The smallest absolute Gasteiger partial charge is 0.104 e. The Labute approximate surface area is 93.5 Å². The van der Waals surface area contributed by atoms with Crippen molar-refractivity contribution in [2.24, 2.45) is 5.92 Å². The Bertz CT molecular complexity index is 147. The molecule has 3 nitrogen and oxygen atoms in total. The molecule has 1 rings (SSSR count). The van der Waals surface area contributed by atoms with Crippen LogP contribution in [0.5, 0.6) is 0 Å². The van der Waals surface area contributed by atoms with E-state index in [1.54, 1.807) is 0 Å². The predicted molar refractivity (Wildman–Crippen MR) is 62.1 cm³/mol.